The molecule has 128 valence electrons. The van der Waals surface area contributed by atoms with Crippen molar-refractivity contribution < 1.29 is 0 Å². The standard InChI is InChI=1S/C17H14Cl2N4OS/c18-13-5-1-11(2-6-13)9-15-16(24)23(20)17(22-21-15)25-10-12-3-7-14(19)8-4-12/h1-8H,9-10,20H2. The molecule has 3 rings (SSSR count). The lowest BCUT2D eigenvalue weighted by atomic mass is 10.1. The van der Waals surface area contributed by atoms with E-state index in [1.54, 1.807) is 12.1 Å². The van der Waals surface area contributed by atoms with Gasteiger partial charge in [0.25, 0.3) is 5.56 Å². The fourth-order valence-electron chi connectivity index (χ4n) is 2.15. The molecular formula is C17H14Cl2N4OS. The molecule has 0 aliphatic carbocycles. The van der Waals surface area contributed by atoms with Gasteiger partial charge in [-0.1, -0.05) is 59.2 Å². The number of aromatic nitrogens is 3. The maximum Gasteiger partial charge on any atom is 0.294 e. The van der Waals surface area contributed by atoms with Gasteiger partial charge in [-0.2, -0.15) is 4.68 Å². The van der Waals surface area contributed by atoms with Crippen LogP contribution in [0.4, 0.5) is 0 Å². The fraction of sp³-hybridized carbons (Fsp3) is 0.118. The Balaban J connectivity index is 1.74. The van der Waals surface area contributed by atoms with Crippen molar-refractivity contribution in [2.24, 2.45) is 0 Å². The number of halogens is 2. The van der Waals surface area contributed by atoms with E-state index in [-0.39, 0.29) is 5.56 Å². The van der Waals surface area contributed by atoms with Gasteiger partial charge < -0.3 is 5.84 Å². The van der Waals surface area contributed by atoms with Gasteiger partial charge in [-0.25, -0.2) is 0 Å². The molecule has 2 N–H and O–H groups in total. The molecule has 1 aromatic heterocycles. The van der Waals surface area contributed by atoms with Crippen LogP contribution in [0.3, 0.4) is 0 Å². The van der Waals surface area contributed by atoms with Crippen LogP contribution < -0.4 is 11.4 Å². The lowest BCUT2D eigenvalue weighted by Gasteiger charge is -2.08. The Morgan fingerprint density at radius 2 is 1.48 bits per heavy atom. The molecule has 0 fully saturated rings. The highest BCUT2D eigenvalue weighted by Crippen LogP contribution is 2.20. The quantitative estimate of drug-likeness (QED) is 0.530. The molecule has 0 unspecified atom stereocenters. The highest BCUT2D eigenvalue weighted by atomic mass is 35.5. The zero-order valence-corrected chi connectivity index (χ0v) is 15.4. The van der Waals surface area contributed by atoms with E-state index in [1.807, 2.05) is 36.4 Å². The van der Waals surface area contributed by atoms with Crippen LogP contribution in [0.15, 0.2) is 58.5 Å². The summed E-state index contributed by atoms with van der Waals surface area (Å²) >= 11 is 13.1. The number of nitrogens with two attached hydrogens (primary N) is 1. The van der Waals surface area contributed by atoms with Crippen molar-refractivity contribution >= 4 is 35.0 Å². The number of nitrogens with zero attached hydrogens (tertiary/aromatic N) is 3. The first-order valence-electron chi connectivity index (χ1n) is 7.38. The third-order valence-electron chi connectivity index (χ3n) is 3.49. The molecule has 0 radical (unpaired) electrons. The highest BCUT2D eigenvalue weighted by molar-refractivity contribution is 7.98. The topological polar surface area (TPSA) is 73.8 Å². The fourth-order valence-corrected chi connectivity index (χ4v) is 3.21. The second kappa shape index (κ2) is 7.91. The van der Waals surface area contributed by atoms with E-state index < -0.39 is 0 Å². The highest BCUT2D eigenvalue weighted by Gasteiger charge is 2.11. The van der Waals surface area contributed by atoms with Crippen LogP contribution in [0.2, 0.25) is 10.0 Å². The zero-order chi connectivity index (χ0) is 17.8. The normalized spacial score (nSPS) is 10.8. The zero-order valence-electron chi connectivity index (χ0n) is 13.0. The van der Waals surface area contributed by atoms with Gasteiger partial charge in [0.05, 0.1) is 0 Å². The van der Waals surface area contributed by atoms with E-state index >= 15 is 0 Å². The van der Waals surface area contributed by atoms with E-state index in [4.69, 9.17) is 29.0 Å². The van der Waals surface area contributed by atoms with Gasteiger partial charge in [-0.15, -0.1) is 10.2 Å². The molecule has 25 heavy (non-hydrogen) atoms. The first kappa shape index (κ1) is 17.8. The molecule has 0 aliphatic heterocycles. The molecule has 0 aliphatic rings. The van der Waals surface area contributed by atoms with E-state index in [2.05, 4.69) is 10.2 Å². The second-order valence-electron chi connectivity index (χ2n) is 5.32. The Labute approximate surface area is 158 Å². The van der Waals surface area contributed by atoms with E-state index in [0.29, 0.717) is 33.1 Å². The van der Waals surface area contributed by atoms with Crippen LogP contribution >= 0.6 is 35.0 Å². The summed E-state index contributed by atoms with van der Waals surface area (Å²) in [7, 11) is 0. The first-order valence-corrected chi connectivity index (χ1v) is 9.12. The van der Waals surface area contributed by atoms with Crippen LogP contribution in [-0.2, 0) is 12.2 Å². The van der Waals surface area contributed by atoms with Crippen LogP contribution in [0.1, 0.15) is 16.8 Å². The average Bonchev–Trinajstić information content (AvgIpc) is 2.61. The minimum atomic E-state index is -0.358. The molecule has 0 saturated heterocycles. The molecule has 5 nitrogen and oxygen atoms in total. The second-order valence-corrected chi connectivity index (χ2v) is 7.14. The summed E-state index contributed by atoms with van der Waals surface area (Å²) < 4.78 is 1.04. The molecule has 1 heterocycles. The van der Waals surface area contributed by atoms with Crippen molar-refractivity contribution in [3.05, 3.63) is 85.8 Å². The lowest BCUT2D eigenvalue weighted by molar-refractivity contribution is 0.672. The third-order valence-corrected chi connectivity index (χ3v) is 5.01. The van der Waals surface area contributed by atoms with Crippen LogP contribution in [0.5, 0.6) is 0 Å². The summed E-state index contributed by atoms with van der Waals surface area (Å²) in [5.41, 5.74) is 1.90. The van der Waals surface area contributed by atoms with Crippen LogP contribution in [-0.4, -0.2) is 14.9 Å². The third kappa shape index (κ3) is 4.54. The van der Waals surface area contributed by atoms with E-state index in [0.717, 1.165) is 15.8 Å². The summed E-state index contributed by atoms with van der Waals surface area (Å²) in [6.07, 6.45) is 0.350. The van der Waals surface area contributed by atoms with Crippen molar-refractivity contribution in [1.29, 1.82) is 0 Å². The molecule has 2 aromatic carbocycles. The molecule has 0 bridgehead atoms. The van der Waals surface area contributed by atoms with Gasteiger partial charge in [0.2, 0.25) is 5.16 Å². The summed E-state index contributed by atoms with van der Waals surface area (Å²) in [5, 5.41) is 9.81. The predicted molar refractivity (Wildman–Crippen MR) is 102 cm³/mol. The van der Waals surface area contributed by atoms with E-state index in [9.17, 15) is 4.79 Å². The summed E-state index contributed by atoms with van der Waals surface area (Å²) in [6.45, 7) is 0. The van der Waals surface area contributed by atoms with Crippen molar-refractivity contribution in [1.82, 2.24) is 14.9 Å². The van der Waals surface area contributed by atoms with E-state index in [1.165, 1.54) is 11.8 Å². The smallest absolute Gasteiger partial charge is 0.294 e. The monoisotopic (exact) mass is 392 g/mol. The summed E-state index contributed by atoms with van der Waals surface area (Å²) in [5.74, 6) is 6.50. The number of hydrogen-bond acceptors (Lipinski definition) is 5. The molecule has 0 spiro atoms. The van der Waals surface area contributed by atoms with Crippen LogP contribution in [0.25, 0.3) is 0 Å². The summed E-state index contributed by atoms with van der Waals surface area (Å²) in [6, 6.07) is 14.7. The minimum absolute atomic E-state index is 0.292. The number of thioether (sulfide) groups is 1. The SMILES string of the molecule is Nn1c(SCc2ccc(Cl)cc2)nnc(Cc2ccc(Cl)cc2)c1=O. The Bertz CT molecular complexity index is 927. The molecule has 8 heteroatoms. The molecule has 0 amide bonds. The number of benzene rings is 2. The predicted octanol–water partition coefficient (Wildman–Crippen LogP) is 3.54. The Morgan fingerprint density at radius 3 is 2.08 bits per heavy atom. The van der Waals surface area contributed by atoms with Crippen LogP contribution in [0, 0.1) is 0 Å². The molecule has 3 aromatic rings. The maximum absolute atomic E-state index is 12.4. The lowest BCUT2D eigenvalue weighted by Crippen LogP contribution is -2.33. The van der Waals surface area contributed by atoms with Gasteiger partial charge in [-0.05, 0) is 35.4 Å². The average molecular weight is 393 g/mol. The largest absolute Gasteiger partial charge is 0.334 e. The van der Waals surface area contributed by atoms with Gasteiger partial charge >= 0.3 is 0 Å². The Kier molecular flexibility index (Phi) is 5.63. The molecule has 0 atom stereocenters. The van der Waals surface area contributed by atoms with Gasteiger partial charge in [-0.3, -0.25) is 4.79 Å². The Morgan fingerprint density at radius 1 is 0.920 bits per heavy atom. The Hall–Kier alpha value is -2.02. The van der Waals surface area contributed by atoms with Crippen molar-refractivity contribution in [3.63, 3.8) is 0 Å². The number of hydrogen-bond donors (Lipinski definition) is 1. The summed E-state index contributed by atoms with van der Waals surface area (Å²) in [4.78, 5) is 12.4. The maximum atomic E-state index is 12.4. The minimum Gasteiger partial charge on any atom is -0.334 e. The van der Waals surface area contributed by atoms with Gasteiger partial charge in [0, 0.05) is 22.2 Å². The number of nitrogen functional groups attached to an aromatic ring is 1. The first-order chi connectivity index (χ1) is 12.0. The van der Waals surface area contributed by atoms with Crippen molar-refractivity contribution in [2.45, 2.75) is 17.3 Å². The van der Waals surface area contributed by atoms with Crippen molar-refractivity contribution in [2.75, 3.05) is 5.84 Å². The molecule has 0 saturated carbocycles. The number of rotatable bonds is 5. The molecular weight excluding hydrogens is 379 g/mol. The van der Waals surface area contributed by atoms with Crippen molar-refractivity contribution in [3.8, 4) is 0 Å². The van der Waals surface area contributed by atoms with Gasteiger partial charge in [0.15, 0.2) is 0 Å². The van der Waals surface area contributed by atoms with Gasteiger partial charge in [0.1, 0.15) is 5.69 Å².